The smallest absolute Gasteiger partial charge is 0.282 e. The number of rotatable bonds is 6. The predicted molar refractivity (Wildman–Crippen MR) is 130 cm³/mol. The maximum Gasteiger partial charge on any atom is 0.282 e. The Morgan fingerprint density at radius 2 is 1.58 bits per heavy atom. The molecule has 4 rings (SSSR count). The van der Waals surface area contributed by atoms with Crippen LogP contribution in [0.1, 0.15) is 16.7 Å². The summed E-state index contributed by atoms with van der Waals surface area (Å²) in [4.78, 5) is 28.3. The highest BCUT2D eigenvalue weighted by Crippen LogP contribution is 2.36. The van der Waals surface area contributed by atoms with Gasteiger partial charge >= 0.3 is 0 Å². The fourth-order valence-corrected chi connectivity index (χ4v) is 4.10. The van der Waals surface area contributed by atoms with Gasteiger partial charge in [-0.3, -0.25) is 9.59 Å². The van der Waals surface area contributed by atoms with Crippen molar-refractivity contribution in [3.63, 3.8) is 0 Å². The summed E-state index contributed by atoms with van der Waals surface area (Å²) in [5.41, 5.74) is 4.17. The van der Waals surface area contributed by atoms with Crippen molar-refractivity contribution in [1.82, 2.24) is 0 Å². The Morgan fingerprint density at radius 1 is 0.848 bits per heavy atom. The molecule has 0 aliphatic carbocycles. The van der Waals surface area contributed by atoms with Crippen molar-refractivity contribution < 1.29 is 19.1 Å². The SMILES string of the molecule is COc1ccc(N2C(=O)C(Nc3ccc(OC)c(Cl)c3)=C(c3ccc(C)cc3C)C2=O)cc1. The molecule has 3 aromatic carbocycles. The highest BCUT2D eigenvalue weighted by Gasteiger charge is 2.40. The number of benzene rings is 3. The van der Waals surface area contributed by atoms with Gasteiger partial charge in [0.1, 0.15) is 17.2 Å². The third-order valence-corrected chi connectivity index (χ3v) is 5.78. The lowest BCUT2D eigenvalue weighted by Gasteiger charge is -2.16. The molecule has 1 aliphatic rings. The number of halogens is 1. The largest absolute Gasteiger partial charge is 0.497 e. The van der Waals surface area contributed by atoms with Gasteiger partial charge in [0.25, 0.3) is 11.8 Å². The van der Waals surface area contributed by atoms with Crippen LogP contribution in [-0.4, -0.2) is 26.0 Å². The van der Waals surface area contributed by atoms with Gasteiger partial charge in [0.05, 0.1) is 30.5 Å². The first-order chi connectivity index (χ1) is 15.8. The lowest BCUT2D eigenvalue weighted by atomic mass is 9.97. The lowest BCUT2D eigenvalue weighted by molar-refractivity contribution is -0.120. The molecular formula is C26H23ClN2O4. The molecule has 0 saturated heterocycles. The number of imide groups is 1. The zero-order valence-electron chi connectivity index (χ0n) is 18.7. The van der Waals surface area contributed by atoms with Crippen LogP contribution in [0.4, 0.5) is 11.4 Å². The quantitative estimate of drug-likeness (QED) is 0.499. The second kappa shape index (κ2) is 9.00. The van der Waals surface area contributed by atoms with E-state index in [0.717, 1.165) is 11.1 Å². The number of carbonyl (C=O) groups excluding carboxylic acids is 2. The topological polar surface area (TPSA) is 67.9 Å². The summed E-state index contributed by atoms with van der Waals surface area (Å²) in [5, 5.41) is 3.52. The van der Waals surface area contributed by atoms with Crippen molar-refractivity contribution in [3.05, 3.63) is 88.1 Å². The van der Waals surface area contributed by atoms with Gasteiger partial charge in [-0.1, -0.05) is 35.4 Å². The molecule has 0 spiro atoms. The van der Waals surface area contributed by atoms with Gasteiger partial charge in [0.15, 0.2) is 0 Å². The van der Waals surface area contributed by atoms with E-state index in [2.05, 4.69) is 5.32 Å². The molecular weight excluding hydrogens is 440 g/mol. The number of aryl methyl sites for hydroxylation is 2. The Bertz CT molecular complexity index is 1280. The summed E-state index contributed by atoms with van der Waals surface area (Å²) in [6.45, 7) is 3.90. The minimum absolute atomic E-state index is 0.184. The maximum absolute atomic E-state index is 13.6. The number of nitrogens with one attached hydrogen (secondary N) is 1. The number of hydrogen-bond acceptors (Lipinski definition) is 5. The monoisotopic (exact) mass is 462 g/mol. The van der Waals surface area contributed by atoms with E-state index in [9.17, 15) is 9.59 Å². The standard InChI is InChI=1S/C26H23ClN2O4/c1-15-5-11-20(16(2)13-15)23-24(28-17-6-12-22(33-4)21(27)14-17)26(31)29(25(23)30)18-7-9-19(32-3)10-8-18/h5-14,28H,1-4H3. The van der Waals surface area contributed by atoms with Crippen LogP contribution in [0.5, 0.6) is 11.5 Å². The van der Waals surface area contributed by atoms with E-state index < -0.39 is 11.8 Å². The number of nitrogens with zero attached hydrogens (tertiary/aromatic N) is 1. The third kappa shape index (κ3) is 4.17. The first kappa shape index (κ1) is 22.4. The average Bonchev–Trinajstić information content (AvgIpc) is 3.03. The average molecular weight is 463 g/mol. The van der Waals surface area contributed by atoms with Crippen LogP contribution in [0.3, 0.4) is 0 Å². The Labute approximate surface area is 197 Å². The Balaban J connectivity index is 1.82. The molecule has 3 aromatic rings. The molecule has 0 bridgehead atoms. The molecule has 33 heavy (non-hydrogen) atoms. The zero-order valence-corrected chi connectivity index (χ0v) is 19.5. The van der Waals surface area contributed by atoms with Crippen molar-refractivity contribution in [2.24, 2.45) is 0 Å². The van der Waals surface area contributed by atoms with Crippen molar-refractivity contribution in [3.8, 4) is 11.5 Å². The molecule has 6 nitrogen and oxygen atoms in total. The number of anilines is 2. The minimum atomic E-state index is -0.452. The summed E-state index contributed by atoms with van der Waals surface area (Å²) in [6.07, 6.45) is 0. The second-order valence-corrected chi connectivity index (χ2v) is 8.09. The molecule has 0 saturated carbocycles. The van der Waals surface area contributed by atoms with Gasteiger partial charge < -0.3 is 14.8 Å². The van der Waals surface area contributed by atoms with E-state index in [1.165, 1.54) is 12.0 Å². The zero-order chi connectivity index (χ0) is 23.7. The van der Waals surface area contributed by atoms with Crippen molar-refractivity contribution >= 4 is 40.4 Å². The molecule has 1 heterocycles. The lowest BCUT2D eigenvalue weighted by Crippen LogP contribution is -2.32. The molecule has 0 atom stereocenters. The highest BCUT2D eigenvalue weighted by atomic mass is 35.5. The van der Waals surface area contributed by atoms with Crippen LogP contribution in [-0.2, 0) is 9.59 Å². The van der Waals surface area contributed by atoms with Crippen LogP contribution in [0.2, 0.25) is 5.02 Å². The van der Waals surface area contributed by atoms with Gasteiger partial charge in [-0.05, 0) is 67.4 Å². The molecule has 0 radical (unpaired) electrons. The van der Waals surface area contributed by atoms with Crippen LogP contribution in [0, 0.1) is 13.8 Å². The van der Waals surface area contributed by atoms with Gasteiger partial charge in [-0.25, -0.2) is 4.90 Å². The summed E-state index contributed by atoms with van der Waals surface area (Å²) < 4.78 is 10.4. The molecule has 7 heteroatoms. The highest BCUT2D eigenvalue weighted by molar-refractivity contribution is 6.46. The summed E-state index contributed by atoms with van der Waals surface area (Å²) in [7, 11) is 3.09. The molecule has 0 fully saturated rings. The second-order valence-electron chi connectivity index (χ2n) is 7.69. The minimum Gasteiger partial charge on any atom is -0.497 e. The normalized spacial score (nSPS) is 13.5. The van der Waals surface area contributed by atoms with E-state index in [-0.39, 0.29) is 5.70 Å². The van der Waals surface area contributed by atoms with E-state index in [4.69, 9.17) is 21.1 Å². The summed E-state index contributed by atoms with van der Waals surface area (Å²) >= 11 is 6.27. The van der Waals surface area contributed by atoms with E-state index in [0.29, 0.717) is 39.0 Å². The van der Waals surface area contributed by atoms with E-state index in [1.54, 1.807) is 49.6 Å². The molecule has 168 valence electrons. The molecule has 0 aromatic heterocycles. The van der Waals surface area contributed by atoms with Crippen molar-refractivity contribution in [1.29, 1.82) is 0 Å². The number of carbonyl (C=O) groups is 2. The summed E-state index contributed by atoms with van der Waals surface area (Å²) in [6, 6.07) is 17.6. The first-order valence-electron chi connectivity index (χ1n) is 10.3. The van der Waals surface area contributed by atoms with Gasteiger partial charge in [-0.2, -0.15) is 0 Å². The Kier molecular flexibility index (Phi) is 6.11. The number of ether oxygens (including phenoxy) is 2. The number of methoxy groups -OCH3 is 2. The van der Waals surface area contributed by atoms with Crippen LogP contribution < -0.4 is 19.7 Å². The fraction of sp³-hybridized carbons (Fsp3) is 0.154. The Morgan fingerprint density at radius 3 is 2.18 bits per heavy atom. The van der Waals surface area contributed by atoms with Crippen molar-refractivity contribution in [2.75, 3.05) is 24.4 Å². The summed E-state index contributed by atoms with van der Waals surface area (Å²) in [5.74, 6) is 0.289. The maximum atomic E-state index is 13.6. The van der Waals surface area contributed by atoms with Gasteiger partial charge in [-0.15, -0.1) is 0 Å². The third-order valence-electron chi connectivity index (χ3n) is 5.49. The Hall–Kier alpha value is -3.77. The first-order valence-corrected chi connectivity index (χ1v) is 10.7. The van der Waals surface area contributed by atoms with Gasteiger partial charge in [0.2, 0.25) is 0 Å². The van der Waals surface area contributed by atoms with Crippen LogP contribution in [0.15, 0.2) is 66.4 Å². The van der Waals surface area contributed by atoms with Crippen LogP contribution >= 0.6 is 11.6 Å². The molecule has 1 N–H and O–H groups in total. The molecule has 2 amide bonds. The van der Waals surface area contributed by atoms with Crippen LogP contribution in [0.25, 0.3) is 5.57 Å². The number of hydrogen-bond donors (Lipinski definition) is 1. The predicted octanol–water partition coefficient (Wildman–Crippen LogP) is 5.37. The molecule has 1 aliphatic heterocycles. The van der Waals surface area contributed by atoms with Gasteiger partial charge in [0, 0.05) is 5.69 Å². The van der Waals surface area contributed by atoms with Crippen molar-refractivity contribution in [2.45, 2.75) is 13.8 Å². The van der Waals surface area contributed by atoms with E-state index in [1.807, 2.05) is 32.0 Å². The van der Waals surface area contributed by atoms with E-state index >= 15 is 0 Å². The molecule has 0 unspecified atom stereocenters. The fourth-order valence-electron chi connectivity index (χ4n) is 3.84. The number of amides is 2.